The van der Waals surface area contributed by atoms with Crippen molar-refractivity contribution in [3.63, 3.8) is 0 Å². The average Bonchev–Trinajstić information content (AvgIpc) is 2.45. The Morgan fingerprint density at radius 1 is 1.20 bits per heavy atom. The lowest BCUT2D eigenvalue weighted by atomic mass is 10.1. The summed E-state index contributed by atoms with van der Waals surface area (Å²) in [4.78, 5) is 2.28. The van der Waals surface area contributed by atoms with Crippen molar-refractivity contribution in [1.82, 2.24) is 0 Å². The second-order valence-corrected chi connectivity index (χ2v) is 5.43. The zero-order valence-corrected chi connectivity index (χ0v) is 13.0. The lowest BCUT2D eigenvalue weighted by Crippen LogP contribution is -2.22. The first-order valence-corrected chi connectivity index (χ1v) is 7.34. The molecule has 0 amide bonds. The van der Waals surface area contributed by atoms with Gasteiger partial charge in [-0.2, -0.15) is 0 Å². The van der Waals surface area contributed by atoms with Gasteiger partial charge < -0.3 is 10.6 Å². The van der Waals surface area contributed by atoms with Gasteiger partial charge in [0.2, 0.25) is 0 Å². The minimum atomic E-state index is 0.0783. The van der Waals surface area contributed by atoms with Crippen LogP contribution in [0.4, 0.5) is 5.69 Å². The third kappa shape index (κ3) is 3.39. The highest BCUT2D eigenvalue weighted by Gasteiger charge is 2.09. The second-order valence-electron chi connectivity index (χ2n) is 4.58. The van der Waals surface area contributed by atoms with Crippen LogP contribution < -0.4 is 10.6 Å². The quantitative estimate of drug-likeness (QED) is 0.647. The van der Waals surface area contributed by atoms with Crippen molar-refractivity contribution in [2.75, 3.05) is 11.4 Å². The van der Waals surface area contributed by atoms with Gasteiger partial charge in [0.15, 0.2) is 0 Å². The second kappa shape index (κ2) is 6.57. The molecule has 2 aromatic rings. The molecule has 0 heterocycles. The summed E-state index contributed by atoms with van der Waals surface area (Å²) in [6, 6.07) is 16.3. The van der Waals surface area contributed by atoms with Gasteiger partial charge in [-0.3, -0.25) is 5.41 Å². The monoisotopic (exact) mass is 331 g/mol. The van der Waals surface area contributed by atoms with Crippen molar-refractivity contribution in [2.24, 2.45) is 5.73 Å². The Labute approximate surface area is 128 Å². The number of halogens is 1. The van der Waals surface area contributed by atoms with Crippen LogP contribution in [0, 0.1) is 5.41 Å². The number of hydrogen-bond donors (Lipinski definition) is 2. The molecule has 0 radical (unpaired) electrons. The van der Waals surface area contributed by atoms with Gasteiger partial charge >= 0.3 is 0 Å². The molecule has 2 aromatic carbocycles. The van der Waals surface area contributed by atoms with Crippen LogP contribution in [0.5, 0.6) is 0 Å². The number of nitrogens with one attached hydrogen (secondary N) is 1. The Kier molecular flexibility index (Phi) is 4.79. The Hall–Kier alpha value is -1.81. The molecule has 0 saturated carbocycles. The van der Waals surface area contributed by atoms with E-state index in [0.29, 0.717) is 0 Å². The standard InChI is InChI=1S/C16H18BrN3/c1-2-20(11-12-6-4-3-5-7-12)13-8-9-14(16(18)19)15(17)10-13/h3-10H,2,11H2,1H3,(H3,18,19). The van der Waals surface area contributed by atoms with Crippen molar-refractivity contribution in [3.8, 4) is 0 Å². The number of nitrogen functional groups attached to an aromatic ring is 1. The van der Waals surface area contributed by atoms with Crippen LogP contribution in [0.1, 0.15) is 18.1 Å². The molecule has 0 aliphatic heterocycles. The topological polar surface area (TPSA) is 53.1 Å². The molecule has 0 unspecified atom stereocenters. The number of nitrogens with zero attached hydrogens (tertiary/aromatic N) is 1. The van der Waals surface area contributed by atoms with Crippen molar-refractivity contribution in [2.45, 2.75) is 13.5 Å². The summed E-state index contributed by atoms with van der Waals surface area (Å²) in [5.41, 5.74) is 8.66. The predicted molar refractivity (Wildman–Crippen MR) is 88.3 cm³/mol. The maximum Gasteiger partial charge on any atom is 0.123 e. The highest BCUT2D eigenvalue weighted by Crippen LogP contribution is 2.25. The van der Waals surface area contributed by atoms with Gasteiger partial charge in [-0.05, 0) is 46.6 Å². The van der Waals surface area contributed by atoms with Crippen LogP contribution in [0.2, 0.25) is 0 Å². The van der Waals surface area contributed by atoms with Crippen LogP contribution in [-0.2, 0) is 6.54 Å². The van der Waals surface area contributed by atoms with Gasteiger partial charge in [0.05, 0.1) is 0 Å². The van der Waals surface area contributed by atoms with Gasteiger partial charge in [-0.25, -0.2) is 0 Å². The smallest absolute Gasteiger partial charge is 0.123 e. The summed E-state index contributed by atoms with van der Waals surface area (Å²) in [6.07, 6.45) is 0. The molecule has 2 rings (SSSR count). The van der Waals surface area contributed by atoms with Crippen LogP contribution in [0.3, 0.4) is 0 Å². The molecule has 20 heavy (non-hydrogen) atoms. The van der Waals surface area contributed by atoms with Crippen LogP contribution in [0.25, 0.3) is 0 Å². The minimum absolute atomic E-state index is 0.0783. The third-order valence-corrected chi connectivity index (χ3v) is 3.86. The molecule has 0 fully saturated rings. The SMILES string of the molecule is CCN(Cc1ccccc1)c1ccc(C(=N)N)c(Br)c1. The molecule has 104 valence electrons. The zero-order valence-electron chi connectivity index (χ0n) is 11.4. The summed E-state index contributed by atoms with van der Waals surface area (Å²) in [6.45, 7) is 3.92. The molecule has 0 aliphatic carbocycles. The van der Waals surface area contributed by atoms with E-state index >= 15 is 0 Å². The highest BCUT2D eigenvalue weighted by molar-refractivity contribution is 9.10. The Morgan fingerprint density at radius 2 is 1.90 bits per heavy atom. The molecule has 0 atom stereocenters. The van der Waals surface area contributed by atoms with Gasteiger partial charge in [0.1, 0.15) is 5.84 Å². The normalized spacial score (nSPS) is 10.3. The average molecular weight is 332 g/mol. The van der Waals surface area contributed by atoms with Crippen molar-refractivity contribution >= 4 is 27.5 Å². The van der Waals surface area contributed by atoms with Crippen LogP contribution in [0.15, 0.2) is 53.0 Å². The number of amidine groups is 1. The maximum absolute atomic E-state index is 7.51. The lowest BCUT2D eigenvalue weighted by molar-refractivity contribution is 0.831. The molecule has 0 aliphatic rings. The van der Waals surface area contributed by atoms with Crippen LogP contribution >= 0.6 is 15.9 Å². The van der Waals surface area contributed by atoms with E-state index in [9.17, 15) is 0 Å². The fourth-order valence-electron chi connectivity index (χ4n) is 2.11. The molecule has 3 nitrogen and oxygen atoms in total. The van der Waals surface area contributed by atoms with Gasteiger partial charge in [0.25, 0.3) is 0 Å². The largest absolute Gasteiger partial charge is 0.384 e. The summed E-state index contributed by atoms with van der Waals surface area (Å²) in [5, 5.41) is 7.51. The highest BCUT2D eigenvalue weighted by atomic mass is 79.9. The number of anilines is 1. The summed E-state index contributed by atoms with van der Waals surface area (Å²) < 4.78 is 0.856. The fraction of sp³-hybridized carbons (Fsp3) is 0.188. The summed E-state index contributed by atoms with van der Waals surface area (Å²) >= 11 is 3.48. The van der Waals surface area contributed by atoms with Gasteiger partial charge in [-0.1, -0.05) is 30.3 Å². The van der Waals surface area contributed by atoms with E-state index < -0.39 is 0 Å². The molecular formula is C16H18BrN3. The molecule has 0 saturated heterocycles. The van der Waals surface area contributed by atoms with E-state index in [4.69, 9.17) is 11.1 Å². The van der Waals surface area contributed by atoms with Crippen molar-refractivity contribution in [3.05, 3.63) is 64.1 Å². The molecule has 0 aromatic heterocycles. The molecular weight excluding hydrogens is 314 g/mol. The minimum Gasteiger partial charge on any atom is -0.384 e. The number of benzene rings is 2. The number of nitrogens with two attached hydrogens (primary N) is 1. The Morgan fingerprint density at radius 3 is 2.45 bits per heavy atom. The Bertz CT molecular complexity index is 596. The lowest BCUT2D eigenvalue weighted by Gasteiger charge is -2.24. The molecule has 0 bridgehead atoms. The van der Waals surface area contributed by atoms with E-state index in [-0.39, 0.29) is 5.84 Å². The molecule has 4 heteroatoms. The first-order chi connectivity index (χ1) is 9.61. The van der Waals surface area contributed by atoms with E-state index in [0.717, 1.165) is 28.8 Å². The van der Waals surface area contributed by atoms with Gasteiger partial charge in [-0.15, -0.1) is 0 Å². The van der Waals surface area contributed by atoms with E-state index in [1.165, 1.54) is 5.56 Å². The van der Waals surface area contributed by atoms with E-state index in [1.54, 1.807) is 0 Å². The summed E-state index contributed by atoms with van der Waals surface area (Å²) in [7, 11) is 0. The third-order valence-electron chi connectivity index (χ3n) is 3.21. The van der Waals surface area contributed by atoms with Gasteiger partial charge in [0, 0.05) is 28.8 Å². The summed E-state index contributed by atoms with van der Waals surface area (Å²) in [5.74, 6) is 0.0783. The first kappa shape index (κ1) is 14.6. The van der Waals surface area contributed by atoms with Crippen molar-refractivity contribution in [1.29, 1.82) is 5.41 Å². The zero-order chi connectivity index (χ0) is 14.5. The van der Waals surface area contributed by atoms with Crippen molar-refractivity contribution < 1.29 is 0 Å². The Balaban J connectivity index is 2.24. The molecule has 3 N–H and O–H groups in total. The number of rotatable bonds is 5. The fourth-order valence-corrected chi connectivity index (χ4v) is 2.69. The van der Waals surface area contributed by atoms with Crippen LogP contribution in [-0.4, -0.2) is 12.4 Å². The first-order valence-electron chi connectivity index (χ1n) is 6.54. The van der Waals surface area contributed by atoms with E-state index in [1.807, 2.05) is 24.3 Å². The van der Waals surface area contributed by atoms with E-state index in [2.05, 4.69) is 52.0 Å². The maximum atomic E-state index is 7.51. The molecule has 0 spiro atoms. The predicted octanol–water partition coefficient (Wildman–Crippen LogP) is 3.76. The number of hydrogen-bond acceptors (Lipinski definition) is 2.